The van der Waals surface area contributed by atoms with Gasteiger partial charge in [0.2, 0.25) is 0 Å². The van der Waals surface area contributed by atoms with Crippen molar-refractivity contribution in [2.45, 2.75) is 32.0 Å². The summed E-state index contributed by atoms with van der Waals surface area (Å²) in [6.45, 7) is 2.48. The number of rotatable bonds is 8. The molecule has 0 fully saturated rings. The van der Waals surface area contributed by atoms with Gasteiger partial charge in [0.05, 0.1) is 0 Å². The van der Waals surface area contributed by atoms with Crippen LogP contribution in [-0.2, 0) is 0 Å². The van der Waals surface area contributed by atoms with Gasteiger partial charge >= 0.3 is 6.18 Å². The van der Waals surface area contributed by atoms with Crippen LogP contribution in [0.4, 0.5) is 13.2 Å². The van der Waals surface area contributed by atoms with E-state index in [4.69, 9.17) is 4.74 Å². The van der Waals surface area contributed by atoms with Crippen molar-refractivity contribution in [3.8, 4) is 5.75 Å². The van der Waals surface area contributed by atoms with Crippen LogP contribution in [0.25, 0.3) is 0 Å². The molecule has 20 heavy (non-hydrogen) atoms. The van der Waals surface area contributed by atoms with E-state index >= 15 is 0 Å². The summed E-state index contributed by atoms with van der Waals surface area (Å²) in [5, 5.41) is 12.4. The number of hydrogen-bond acceptors (Lipinski definition) is 3. The van der Waals surface area contributed by atoms with Gasteiger partial charge in [-0.05, 0) is 37.6 Å². The minimum absolute atomic E-state index is 0.00889. The van der Waals surface area contributed by atoms with E-state index in [1.807, 2.05) is 25.1 Å². The highest BCUT2D eigenvalue weighted by molar-refractivity contribution is 5.27. The quantitative estimate of drug-likeness (QED) is 0.724. The summed E-state index contributed by atoms with van der Waals surface area (Å²) in [7, 11) is 0. The fourth-order valence-electron chi connectivity index (χ4n) is 1.64. The number of nitrogens with one attached hydrogen (secondary N) is 1. The topological polar surface area (TPSA) is 41.5 Å². The predicted octanol–water partition coefficient (Wildman–Crippen LogP) is 2.67. The maximum atomic E-state index is 11.9. The fourth-order valence-corrected chi connectivity index (χ4v) is 1.64. The minimum atomic E-state index is -4.12. The summed E-state index contributed by atoms with van der Waals surface area (Å²) in [5.74, 6) is 0.668. The molecule has 0 spiro atoms. The Morgan fingerprint density at radius 2 is 2.10 bits per heavy atom. The van der Waals surface area contributed by atoms with Gasteiger partial charge in [0.15, 0.2) is 0 Å². The van der Waals surface area contributed by atoms with Gasteiger partial charge in [-0.15, -0.1) is 0 Å². The number of halogens is 3. The summed E-state index contributed by atoms with van der Waals surface area (Å²) in [6.07, 6.45) is -5.67. The predicted molar refractivity (Wildman–Crippen MR) is 70.8 cm³/mol. The highest BCUT2D eigenvalue weighted by Crippen LogP contribution is 2.20. The van der Waals surface area contributed by atoms with Gasteiger partial charge < -0.3 is 15.2 Å². The van der Waals surface area contributed by atoms with Crippen LogP contribution in [-0.4, -0.2) is 37.1 Å². The van der Waals surface area contributed by atoms with E-state index in [1.165, 1.54) is 0 Å². The first-order valence-corrected chi connectivity index (χ1v) is 6.52. The lowest BCUT2D eigenvalue weighted by Gasteiger charge is -2.14. The fraction of sp³-hybridized carbons (Fsp3) is 0.571. The summed E-state index contributed by atoms with van der Waals surface area (Å²) in [6, 6.07) is 7.43. The summed E-state index contributed by atoms with van der Waals surface area (Å²) < 4.78 is 41.0. The van der Waals surface area contributed by atoms with Crippen molar-refractivity contribution < 1.29 is 23.0 Å². The first-order chi connectivity index (χ1) is 9.37. The maximum Gasteiger partial charge on any atom is 0.389 e. The number of benzene rings is 1. The highest BCUT2D eigenvalue weighted by Gasteiger charge is 2.25. The lowest BCUT2D eigenvalue weighted by molar-refractivity contribution is -0.135. The molecule has 0 aliphatic rings. The summed E-state index contributed by atoms with van der Waals surface area (Å²) in [5.41, 5.74) is 1.06. The zero-order chi connectivity index (χ0) is 15.0. The van der Waals surface area contributed by atoms with Crippen molar-refractivity contribution in [2.75, 3.05) is 19.7 Å². The molecule has 0 saturated carbocycles. The monoisotopic (exact) mass is 291 g/mol. The van der Waals surface area contributed by atoms with Gasteiger partial charge in [0.1, 0.15) is 18.5 Å². The summed E-state index contributed by atoms with van der Waals surface area (Å²) in [4.78, 5) is 0. The zero-order valence-electron chi connectivity index (χ0n) is 11.4. The normalized spacial score (nSPS) is 13.2. The van der Waals surface area contributed by atoms with Crippen LogP contribution < -0.4 is 10.1 Å². The van der Waals surface area contributed by atoms with E-state index in [2.05, 4.69) is 5.32 Å². The molecule has 3 nitrogen and oxygen atoms in total. The van der Waals surface area contributed by atoms with E-state index in [0.717, 1.165) is 5.56 Å². The van der Waals surface area contributed by atoms with E-state index in [-0.39, 0.29) is 26.1 Å². The van der Waals surface area contributed by atoms with Crippen LogP contribution in [0.1, 0.15) is 18.4 Å². The second-order valence-corrected chi connectivity index (χ2v) is 4.70. The molecule has 0 aliphatic heterocycles. The molecule has 114 valence electrons. The van der Waals surface area contributed by atoms with Crippen LogP contribution in [0, 0.1) is 6.92 Å². The molecule has 1 aromatic rings. The standard InChI is InChI=1S/C14H20F3NO2/c1-11-4-2-5-13(8-11)20-10-12(19)9-18-7-3-6-14(15,16)17/h2,4-5,8,12,18-19H,3,6-7,9-10H2,1H3. The molecule has 1 rings (SSSR count). The SMILES string of the molecule is Cc1cccc(OCC(O)CNCCCC(F)(F)F)c1. The van der Waals surface area contributed by atoms with Gasteiger partial charge in [-0.1, -0.05) is 12.1 Å². The third-order valence-corrected chi connectivity index (χ3v) is 2.63. The molecule has 0 heterocycles. The van der Waals surface area contributed by atoms with Gasteiger partial charge in [-0.25, -0.2) is 0 Å². The first kappa shape index (κ1) is 16.8. The zero-order valence-corrected chi connectivity index (χ0v) is 11.4. The Hall–Kier alpha value is -1.27. The number of ether oxygens (including phenoxy) is 1. The number of aliphatic hydroxyl groups excluding tert-OH is 1. The molecule has 0 aliphatic carbocycles. The van der Waals surface area contributed by atoms with Crippen molar-refractivity contribution >= 4 is 0 Å². The van der Waals surface area contributed by atoms with Crippen LogP contribution in [0.5, 0.6) is 5.75 Å². The van der Waals surface area contributed by atoms with E-state index < -0.39 is 18.7 Å². The Labute approximate surface area is 116 Å². The molecule has 6 heteroatoms. The molecular formula is C14H20F3NO2. The third-order valence-electron chi connectivity index (χ3n) is 2.63. The van der Waals surface area contributed by atoms with E-state index in [1.54, 1.807) is 6.07 Å². The second kappa shape index (κ2) is 8.11. The Morgan fingerprint density at radius 1 is 1.35 bits per heavy atom. The lowest BCUT2D eigenvalue weighted by Crippen LogP contribution is -2.32. The minimum Gasteiger partial charge on any atom is -0.491 e. The van der Waals surface area contributed by atoms with Gasteiger partial charge in [0, 0.05) is 13.0 Å². The number of alkyl halides is 3. The van der Waals surface area contributed by atoms with Crippen molar-refractivity contribution in [3.63, 3.8) is 0 Å². The lowest BCUT2D eigenvalue weighted by atomic mass is 10.2. The van der Waals surface area contributed by atoms with Gasteiger partial charge in [-0.3, -0.25) is 0 Å². The smallest absolute Gasteiger partial charge is 0.389 e. The van der Waals surface area contributed by atoms with Crippen molar-refractivity contribution in [1.82, 2.24) is 5.32 Å². The Kier molecular flexibility index (Phi) is 6.81. The second-order valence-electron chi connectivity index (χ2n) is 4.70. The average Bonchev–Trinajstić information content (AvgIpc) is 2.35. The molecule has 1 aromatic carbocycles. The number of aliphatic hydroxyl groups is 1. The highest BCUT2D eigenvalue weighted by atomic mass is 19.4. The van der Waals surface area contributed by atoms with Crippen LogP contribution in [0.3, 0.4) is 0 Å². The van der Waals surface area contributed by atoms with Crippen LogP contribution in [0.15, 0.2) is 24.3 Å². The Morgan fingerprint density at radius 3 is 2.75 bits per heavy atom. The van der Waals surface area contributed by atoms with E-state index in [0.29, 0.717) is 5.75 Å². The van der Waals surface area contributed by atoms with E-state index in [9.17, 15) is 18.3 Å². The molecule has 0 bridgehead atoms. The Balaban J connectivity index is 2.10. The molecular weight excluding hydrogens is 271 g/mol. The average molecular weight is 291 g/mol. The summed E-state index contributed by atoms with van der Waals surface area (Å²) >= 11 is 0. The van der Waals surface area contributed by atoms with Crippen molar-refractivity contribution in [1.29, 1.82) is 0 Å². The van der Waals surface area contributed by atoms with Gasteiger partial charge in [-0.2, -0.15) is 13.2 Å². The molecule has 0 amide bonds. The molecule has 0 aromatic heterocycles. The van der Waals surface area contributed by atoms with Gasteiger partial charge in [0.25, 0.3) is 0 Å². The van der Waals surface area contributed by atoms with Crippen molar-refractivity contribution in [3.05, 3.63) is 29.8 Å². The molecule has 2 N–H and O–H groups in total. The van der Waals surface area contributed by atoms with Crippen molar-refractivity contribution in [2.24, 2.45) is 0 Å². The van der Waals surface area contributed by atoms with Crippen LogP contribution >= 0.6 is 0 Å². The Bertz CT molecular complexity index is 396. The first-order valence-electron chi connectivity index (χ1n) is 6.52. The molecule has 0 radical (unpaired) electrons. The molecule has 0 saturated heterocycles. The number of aryl methyl sites for hydroxylation is 1. The number of hydrogen-bond donors (Lipinski definition) is 2. The molecule has 1 atom stereocenters. The largest absolute Gasteiger partial charge is 0.491 e. The van der Waals surface area contributed by atoms with Crippen LogP contribution in [0.2, 0.25) is 0 Å². The molecule has 1 unspecified atom stereocenters. The maximum absolute atomic E-state index is 11.9. The third kappa shape index (κ3) is 8.01.